The molecule has 7 heteroatoms. The first-order valence-corrected chi connectivity index (χ1v) is 10.9. The average molecular weight is 408 g/mol. The standard InChI is InChI=1S/C23H29N5O2/c29-21(13-12-18-8-3-1-4-9-18)24-16-22(30)27-14-7-10-19(17-27)23-26-25-20-11-5-2-6-15-28(20)23/h1,3-4,8-9,12-13,19H,2,5-7,10-11,14-17H2,(H,24,29)/b13-12+. The highest BCUT2D eigenvalue weighted by molar-refractivity contribution is 5.94. The van der Waals surface area contributed by atoms with Crippen molar-refractivity contribution in [2.24, 2.45) is 0 Å². The van der Waals surface area contributed by atoms with Gasteiger partial charge in [0.15, 0.2) is 0 Å². The summed E-state index contributed by atoms with van der Waals surface area (Å²) in [4.78, 5) is 26.6. The Morgan fingerprint density at radius 2 is 1.93 bits per heavy atom. The number of rotatable bonds is 5. The van der Waals surface area contributed by atoms with E-state index in [1.54, 1.807) is 6.08 Å². The number of aromatic nitrogens is 3. The number of aryl methyl sites for hydroxylation is 1. The van der Waals surface area contributed by atoms with Crippen LogP contribution in [-0.4, -0.2) is 51.1 Å². The summed E-state index contributed by atoms with van der Waals surface area (Å²) in [6.45, 7) is 2.37. The number of nitrogens with one attached hydrogen (secondary N) is 1. The quantitative estimate of drug-likeness (QED) is 0.773. The highest BCUT2D eigenvalue weighted by atomic mass is 16.2. The van der Waals surface area contributed by atoms with E-state index < -0.39 is 0 Å². The Kier molecular flexibility index (Phi) is 6.57. The molecule has 7 nitrogen and oxygen atoms in total. The first-order valence-electron chi connectivity index (χ1n) is 10.9. The van der Waals surface area contributed by atoms with Crippen LogP contribution in [0, 0.1) is 0 Å². The van der Waals surface area contributed by atoms with Crippen molar-refractivity contribution < 1.29 is 9.59 Å². The van der Waals surface area contributed by atoms with E-state index in [9.17, 15) is 9.59 Å². The minimum atomic E-state index is -0.261. The van der Waals surface area contributed by atoms with Crippen molar-refractivity contribution in [3.63, 3.8) is 0 Å². The van der Waals surface area contributed by atoms with Crippen LogP contribution in [0.2, 0.25) is 0 Å². The Bertz CT molecular complexity index is 906. The van der Waals surface area contributed by atoms with Gasteiger partial charge in [-0.15, -0.1) is 10.2 Å². The minimum Gasteiger partial charge on any atom is -0.343 e. The summed E-state index contributed by atoms with van der Waals surface area (Å²) in [5, 5.41) is 11.6. The molecule has 2 aliphatic heterocycles. The third-order valence-electron chi connectivity index (χ3n) is 5.92. The van der Waals surface area contributed by atoms with E-state index in [-0.39, 0.29) is 24.3 Å². The SMILES string of the molecule is O=C(/C=C/c1ccccc1)NCC(=O)N1CCCC(c2nnc3n2CCCCC3)C1. The molecule has 1 aromatic heterocycles. The van der Waals surface area contributed by atoms with Gasteiger partial charge in [-0.05, 0) is 37.3 Å². The first kappa shape index (κ1) is 20.3. The molecule has 0 aliphatic carbocycles. The zero-order chi connectivity index (χ0) is 20.8. The van der Waals surface area contributed by atoms with E-state index in [0.717, 1.165) is 56.0 Å². The molecule has 3 heterocycles. The Balaban J connectivity index is 1.31. The van der Waals surface area contributed by atoms with Gasteiger partial charge in [0.25, 0.3) is 0 Å². The molecule has 1 saturated heterocycles. The summed E-state index contributed by atoms with van der Waals surface area (Å²) < 4.78 is 2.28. The van der Waals surface area contributed by atoms with Crippen molar-refractivity contribution in [2.75, 3.05) is 19.6 Å². The van der Waals surface area contributed by atoms with Gasteiger partial charge in [-0.2, -0.15) is 0 Å². The van der Waals surface area contributed by atoms with E-state index >= 15 is 0 Å². The molecule has 4 rings (SSSR count). The summed E-state index contributed by atoms with van der Waals surface area (Å²) in [6.07, 6.45) is 9.73. The molecule has 158 valence electrons. The number of amides is 2. The van der Waals surface area contributed by atoms with Crippen LogP contribution < -0.4 is 5.32 Å². The molecule has 2 aromatic rings. The van der Waals surface area contributed by atoms with Gasteiger partial charge < -0.3 is 14.8 Å². The lowest BCUT2D eigenvalue weighted by atomic mass is 9.97. The normalized spacial score (nSPS) is 19.3. The number of likely N-dealkylation sites (tertiary alicyclic amines) is 1. The van der Waals surface area contributed by atoms with Crippen molar-refractivity contribution >= 4 is 17.9 Å². The Morgan fingerprint density at radius 3 is 2.80 bits per heavy atom. The highest BCUT2D eigenvalue weighted by Crippen LogP contribution is 2.28. The largest absolute Gasteiger partial charge is 0.343 e. The zero-order valence-corrected chi connectivity index (χ0v) is 17.3. The van der Waals surface area contributed by atoms with Crippen LogP contribution in [0.1, 0.15) is 55.2 Å². The number of piperidine rings is 1. The fourth-order valence-electron chi connectivity index (χ4n) is 4.29. The topological polar surface area (TPSA) is 80.1 Å². The summed E-state index contributed by atoms with van der Waals surface area (Å²) in [5.74, 6) is 2.03. The minimum absolute atomic E-state index is 0.0165. The average Bonchev–Trinajstić information content (AvgIpc) is 3.05. The van der Waals surface area contributed by atoms with E-state index in [4.69, 9.17) is 0 Å². The van der Waals surface area contributed by atoms with Crippen LogP contribution in [0.15, 0.2) is 36.4 Å². The predicted molar refractivity (Wildman–Crippen MR) is 115 cm³/mol. The molecular weight excluding hydrogens is 378 g/mol. The molecule has 2 aliphatic rings. The number of hydrogen-bond donors (Lipinski definition) is 1. The Labute approximate surface area is 177 Å². The second-order valence-corrected chi connectivity index (χ2v) is 8.08. The molecule has 1 atom stereocenters. The van der Waals surface area contributed by atoms with Crippen LogP contribution >= 0.6 is 0 Å². The monoisotopic (exact) mass is 407 g/mol. The van der Waals surface area contributed by atoms with Gasteiger partial charge >= 0.3 is 0 Å². The Hall–Kier alpha value is -2.96. The van der Waals surface area contributed by atoms with Crippen LogP contribution in [0.4, 0.5) is 0 Å². The predicted octanol–water partition coefficient (Wildman–Crippen LogP) is 2.54. The zero-order valence-electron chi connectivity index (χ0n) is 17.3. The van der Waals surface area contributed by atoms with Crippen LogP contribution in [0.3, 0.4) is 0 Å². The fraction of sp³-hybridized carbons (Fsp3) is 0.478. The first-order chi connectivity index (χ1) is 14.7. The molecule has 1 fully saturated rings. The third kappa shape index (κ3) is 4.96. The van der Waals surface area contributed by atoms with E-state index in [1.165, 1.54) is 18.9 Å². The number of nitrogens with zero attached hydrogens (tertiary/aromatic N) is 4. The number of fused-ring (bicyclic) bond motifs is 1. The van der Waals surface area contributed by atoms with Crippen LogP contribution in [-0.2, 0) is 22.6 Å². The molecule has 0 saturated carbocycles. The van der Waals surface area contributed by atoms with Crippen molar-refractivity contribution in [3.8, 4) is 0 Å². The van der Waals surface area contributed by atoms with Crippen molar-refractivity contribution in [1.29, 1.82) is 0 Å². The highest BCUT2D eigenvalue weighted by Gasteiger charge is 2.29. The second-order valence-electron chi connectivity index (χ2n) is 8.08. The smallest absolute Gasteiger partial charge is 0.244 e. The van der Waals surface area contributed by atoms with E-state index in [1.807, 2.05) is 35.2 Å². The molecule has 1 N–H and O–H groups in total. The molecule has 0 bridgehead atoms. The van der Waals surface area contributed by atoms with Crippen molar-refractivity contribution in [3.05, 3.63) is 53.6 Å². The molecular formula is C23H29N5O2. The third-order valence-corrected chi connectivity index (χ3v) is 5.92. The lowest BCUT2D eigenvalue weighted by molar-refractivity contribution is -0.133. The Morgan fingerprint density at radius 1 is 1.07 bits per heavy atom. The van der Waals surface area contributed by atoms with Gasteiger partial charge in [0, 0.05) is 38.0 Å². The molecule has 2 amide bonds. The number of carbonyl (C=O) groups is 2. The lowest BCUT2D eigenvalue weighted by Gasteiger charge is -2.32. The molecule has 0 spiro atoms. The lowest BCUT2D eigenvalue weighted by Crippen LogP contribution is -2.44. The number of benzene rings is 1. The van der Waals surface area contributed by atoms with E-state index in [2.05, 4.69) is 20.1 Å². The molecule has 0 radical (unpaired) electrons. The number of carbonyl (C=O) groups excluding carboxylic acids is 2. The number of hydrogen-bond acceptors (Lipinski definition) is 4. The molecule has 30 heavy (non-hydrogen) atoms. The van der Waals surface area contributed by atoms with Gasteiger partial charge in [0.05, 0.1) is 6.54 Å². The summed E-state index contributed by atoms with van der Waals surface area (Å²) in [7, 11) is 0. The van der Waals surface area contributed by atoms with Crippen molar-refractivity contribution in [2.45, 2.75) is 51.0 Å². The summed E-state index contributed by atoms with van der Waals surface area (Å²) in [6, 6.07) is 9.62. The van der Waals surface area contributed by atoms with E-state index in [0.29, 0.717) is 6.54 Å². The molecule has 1 unspecified atom stereocenters. The fourth-order valence-corrected chi connectivity index (χ4v) is 4.29. The van der Waals surface area contributed by atoms with Crippen LogP contribution in [0.25, 0.3) is 6.08 Å². The van der Waals surface area contributed by atoms with Gasteiger partial charge in [0.1, 0.15) is 11.6 Å². The van der Waals surface area contributed by atoms with Gasteiger partial charge in [0.2, 0.25) is 11.8 Å². The maximum absolute atomic E-state index is 12.7. The van der Waals surface area contributed by atoms with Gasteiger partial charge in [-0.3, -0.25) is 9.59 Å². The second kappa shape index (κ2) is 9.69. The maximum atomic E-state index is 12.7. The van der Waals surface area contributed by atoms with Crippen LogP contribution in [0.5, 0.6) is 0 Å². The maximum Gasteiger partial charge on any atom is 0.244 e. The van der Waals surface area contributed by atoms with Gasteiger partial charge in [-0.25, -0.2) is 0 Å². The van der Waals surface area contributed by atoms with Crippen molar-refractivity contribution in [1.82, 2.24) is 25.0 Å². The van der Waals surface area contributed by atoms with Gasteiger partial charge in [-0.1, -0.05) is 36.8 Å². The summed E-state index contributed by atoms with van der Waals surface area (Å²) in [5.41, 5.74) is 0.949. The molecule has 1 aromatic carbocycles. The summed E-state index contributed by atoms with van der Waals surface area (Å²) >= 11 is 0.